The van der Waals surface area contributed by atoms with Gasteiger partial charge in [-0.05, 0) is 39.4 Å². The summed E-state index contributed by atoms with van der Waals surface area (Å²) in [5, 5.41) is 3.52. The van der Waals surface area contributed by atoms with Gasteiger partial charge in [0.2, 0.25) is 0 Å². The summed E-state index contributed by atoms with van der Waals surface area (Å²) in [6, 6.07) is 35.4. The highest BCUT2D eigenvalue weighted by Crippen LogP contribution is 2.44. The number of carbonyl (C=O) groups excluding carboxylic acids is 1. The fourth-order valence-electron chi connectivity index (χ4n) is 5.62. The van der Waals surface area contributed by atoms with Crippen LogP contribution in [0.25, 0.3) is 11.1 Å². The van der Waals surface area contributed by atoms with Crippen molar-refractivity contribution in [2.45, 2.75) is 18.4 Å². The lowest BCUT2D eigenvalue weighted by Crippen LogP contribution is -2.34. The van der Waals surface area contributed by atoms with Gasteiger partial charge in [-0.15, -0.1) is 0 Å². The number of benzene rings is 4. The van der Waals surface area contributed by atoms with Crippen LogP contribution < -0.4 is 5.32 Å². The number of ether oxygens (including phenoxy) is 1. The molecule has 0 spiro atoms. The molecule has 6 rings (SSSR count). The van der Waals surface area contributed by atoms with Crippen molar-refractivity contribution in [3.63, 3.8) is 0 Å². The van der Waals surface area contributed by atoms with E-state index in [0.717, 1.165) is 25.2 Å². The van der Waals surface area contributed by atoms with Gasteiger partial charge in [-0.25, -0.2) is 0 Å². The van der Waals surface area contributed by atoms with Crippen molar-refractivity contribution in [1.82, 2.24) is 4.90 Å². The number of hydrogen-bond acceptors (Lipinski definition) is 4. The summed E-state index contributed by atoms with van der Waals surface area (Å²) in [7, 11) is 0. The Kier molecular flexibility index (Phi) is 6.27. The Bertz CT molecular complexity index is 1320. The number of carbonyl (C=O) groups is 1. The molecule has 1 heterocycles. The molecule has 0 aromatic heterocycles. The van der Waals surface area contributed by atoms with Crippen LogP contribution in [-0.2, 0) is 16.1 Å². The zero-order valence-electron chi connectivity index (χ0n) is 20.3. The van der Waals surface area contributed by atoms with Crippen LogP contribution in [0.5, 0.6) is 0 Å². The van der Waals surface area contributed by atoms with Gasteiger partial charge in [-0.1, -0.05) is 97.1 Å². The van der Waals surface area contributed by atoms with Crippen molar-refractivity contribution in [2.24, 2.45) is 0 Å². The predicted octanol–water partition coefficient (Wildman–Crippen LogP) is 6.05. The smallest absolute Gasteiger partial charge is 0.314 e. The Balaban J connectivity index is 1.22. The highest BCUT2D eigenvalue weighted by atomic mass is 16.5. The molecule has 180 valence electrons. The summed E-state index contributed by atoms with van der Waals surface area (Å²) in [5.74, 6) is -0.441. The van der Waals surface area contributed by atoms with E-state index >= 15 is 0 Å². The summed E-state index contributed by atoms with van der Waals surface area (Å²) in [4.78, 5) is 16.0. The lowest BCUT2D eigenvalue weighted by Gasteiger charge is -2.26. The van der Waals surface area contributed by atoms with Crippen LogP contribution in [0.15, 0.2) is 103 Å². The highest BCUT2D eigenvalue weighted by molar-refractivity contribution is 5.80. The highest BCUT2D eigenvalue weighted by Gasteiger charge is 2.31. The first-order valence-electron chi connectivity index (χ1n) is 12.7. The monoisotopic (exact) mass is 474 g/mol. The van der Waals surface area contributed by atoms with Gasteiger partial charge < -0.3 is 10.1 Å². The first-order chi connectivity index (χ1) is 17.8. The summed E-state index contributed by atoms with van der Waals surface area (Å²) in [6.45, 7) is 3.50. The minimum absolute atomic E-state index is 0.0621. The molecule has 1 unspecified atom stereocenters. The van der Waals surface area contributed by atoms with Crippen LogP contribution in [-0.4, -0.2) is 37.1 Å². The molecule has 0 fully saturated rings. The number of para-hydroxylation sites is 1. The van der Waals surface area contributed by atoms with Crippen molar-refractivity contribution in [1.29, 1.82) is 0 Å². The van der Waals surface area contributed by atoms with Crippen LogP contribution in [0.2, 0.25) is 0 Å². The number of rotatable bonds is 6. The van der Waals surface area contributed by atoms with Gasteiger partial charge in [-0.3, -0.25) is 9.69 Å². The number of nitrogens with zero attached hydrogens (tertiary/aromatic N) is 1. The maximum absolute atomic E-state index is 13.7. The largest absolute Gasteiger partial charge is 0.464 e. The summed E-state index contributed by atoms with van der Waals surface area (Å²) in [5.41, 5.74) is 8.39. The molecule has 0 saturated heterocycles. The van der Waals surface area contributed by atoms with Gasteiger partial charge in [0.1, 0.15) is 6.61 Å². The molecule has 0 saturated carbocycles. The molecule has 1 aliphatic heterocycles. The van der Waals surface area contributed by atoms with E-state index in [1.54, 1.807) is 0 Å². The van der Waals surface area contributed by atoms with Gasteiger partial charge in [0.25, 0.3) is 0 Å². The topological polar surface area (TPSA) is 41.6 Å². The third-order valence-corrected chi connectivity index (χ3v) is 7.44. The van der Waals surface area contributed by atoms with Crippen molar-refractivity contribution in [3.8, 4) is 11.1 Å². The molecule has 4 nitrogen and oxygen atoms in total. The molecule has 36 heavy (non-hydrogen) atoms. The van der Waals surface area contributed by atoms with E-state index < -0.39 is 0 Å². The molecule has 1 N–H and O–H groups in total. The average Bonchev–Trinajstić information content (AvgIpc) is 3.09. The van der Waals surface area contributed by atoms with Crippen molar-refractivity contribution in [3.05, 3.63) is 125 Å². The quantitative estimate of drug-likeness (QED) is 0.345. The van der Waals surface area contributed by atoms with Crippen LogP contribution in [0.3, 0.4) is 0 Å². The Morgan fingerprint density at radius 3 is 2.22 bits per heavy atom. The Morgan fingerprint density at radius 2 is 1.47 bits per heavy atom. The molecule has 4 heteroatoms. The molecule has 4 aromatic rings. The molecule has 1 aliphatic carbocycles. The van der Waals surface area contributed by atoms with Crippen molar-refractivity contribution in [2.75, 3.05) is 31.6 Å². The molecule has 0 radical (unpaired) electrons. The van der Waals surface area contributed by atoms with Gasteiger partial charge in [0, 0.05) is 37.8 Å². The number of nitrogens with one attached hydrogen (secondary N) is 1. The maximum atomic E-state index is 13.7. The van der Waals surface area contributed by atoms with E-state index in [2.05, 4.69) is 83.0 Å². The van der Waals surface area contributed by atoms with Gasteiger partial charge in [-0.2, -0.15) is 0 Å². The molecule has 1 atom stereocenters. The fourth-order valence-corrected chi connectivity index (χ4v) is 5.62. The third kappa shape index (κ3) is 4.40. The lowest BCUT2D eigenvalue weighted by molar-refractivity contribution is -0.146. The van der Waals surface area contributed by atoms with E-state index in [-0.39, 0.29) is 17.8 Å². The molecule has 0 amide bonds. The van der Waals surface area contributed by atoms with Gasteiger partial charge >= 0.3 is 5.97 Å². The van der Waals surface area contributed by atoms with Crippen LogP contribution in [0.4, 0.5) is 5.69 Å². The first-order valence-corrected chi connectivity index (χ1v) is 12.7. The van der Waals surface area contributed by atoms with Crippen LogP contribution in [0, 0.1) is 0 Å². The molecular formula is C32H30N2O2. The minimum atomic E-state index is -0.344. The molecule has 0 bridgehead atoms. The lowest BCUT2D eigenvalue weighted by atomic mass is 9.96. The Morgan fingerprint density at radius 1 is 0.833 bits per heavy atom. The zero-order valence-corrected chi connectivity index (χ0v) is 20.3. The van der Waals surface area contributed by atoms with Gasteiger partial charge in [0.15, 0.2) is 0 Å². The number of esters is 1. The number of hydrogen-bond donors (Lipinski definition) is 1. The second-order valence-electron chi connectivity index (χ2n) is 9.64. The standard InChI is InChI=1S/C32H30N2O2/c35-32(36-22-30-27-15-7-5-13-25(27)26-14-6-8-16-28(26)30)29(23-10-2-1-3-11-23)21-34-19-18-33-31-17-9-4-12-24(31)20-34/h1-17,29-30,33H,18-22H2. The second kappa shape index (κ2) is 10.00. The summed E-state index contributed by atoms with van der Waals surface area (Å²) in [6.07, 6.45) is 0. The first kappa shape index (κ1) is 22.6. The summed E-state index contributed by atoms with van der Waals surface area (Å²) < 4.78 is 6.12. The number of anilines is 1. The Labute approximate surface area is 212 Å². The summed E-state index contributed by atoms with van der Waals surface area (Å²) >= 11 is 0. The van der Waals surface area contributed by atoms with E-state index in [1.165, 1.54) is 33.5 Å². The van der Waals surface area contributed by atoms with E-state index in [9.17, 15) is 4.79 Å². The zero-order chi connectivity index (χ0) is 24.3. The van der Waals surface area contributed by atoms with Crippen molar-refractivity contribution < 1.29 is 9.53 Å². The van der Waals surface area contributed by atoms with Gasteiger partial charge in [0.05, 0.1) is 5.92 Å². The molecule has 2 aliphatic rings. The average molecular weight is 475 g/mol. The minimum Gasteiger partial charge on any atom is -0.464 e. The number of fused-ring (bicyclic) bond motifs is 4. The molecular weight excluding hydrogens is 444 g/mol. The van der Waals surface area contributed by atoms with Crippen LogP contribution in [0.1, 0.15) is 34.1 Å². The third-order valence-electron chi connectivity index (χ3n) is 7.44. The second-order valence-corrected chi connectivity index (χ2v) is 9.64. The fraction of sp³-hybridized carbons (Fsp3) is 0.219. The van der Waals surface area contributed by atoms with E-state index in [1.807, 2.05) is 30.3 Å². The van der Waals surface area contributed by atoms with Crippen LogP contribution >= 0.6 is 0 Å². The van der Waals surface area contributed by atoms with E-state index in [4.69, 9.17) is 4.74 Å². The predicted molar refractivity (Wildman–Crippen MR) is 144 cm³/mol. The molecule has 4 aromatic carbocycles. The Hall–Kier alpha value is -3.89. The van der Waals surface area contributed by atoms with E-state index in [0.29, 0.717) is 13.2 Å². The SMILES string of the molecule is O=C(OCC1c2ccccc2-c2ccccc21)C(CN1CCNc2ccccc2C1)c1ccccc1. The van der Waals surface area contributed by atoms with Crippen molar-refractivity contribution >= 4 is 11.7 Å². The maximum Gasteiger partial charge on any atom is 0.314 e. The normalized spacial score (nSPS) is 15.7.